The zero-order chi connectivity index (χ0) is 25.1. The predicted octanol–water partition coefficient (Wildman–Crippen LogP) is 5.80. The molecular weight excluding hydrogens is 456 g/mol. The standard InChI is InChI=1S/C28H32N4O2S/c1-18(2)11-12-32-27(34)26-25(23(16-31(26)5)21-9-7-6-8-10-21)30-28(32)35-17-24(33)29-22-14-19(3)13-20(4)15-22/h6-10,13-16,18H,11-12,17H2,1-5H3,(H,29,33). The van der Waals surface area contributed by atoms with Gasteiger partial charge in [-0.15, -0.1) is 0 Å². The largest absolute Gasteiger partial charge is 0.344 e. The third kappa shape index (κ3) is 5.68. The number of fused-ring (bicyclic) bond motifs is 1. The fourth-order valence-corrected chi connectivity index (χ4v) is 5.07. The van der Waals surface area contributed by atoms with Crippen LogP contribution in [-0.2, 0) is 18.4 Å². The average molecular weight is 489 g/mol. The SMILES string of the molecule is Cc1cc(C)cc(NC(=O)CSc2nc3c(-c4ccccc4)cn(C)c3c(=O)n2CCC(C)C)c1. The second-order valence-electron chi connectivity index (χ2n) is 9.46. The van der Waals surface area contributed by atoms with Crippen molar-refractivity contribution in [1.29, 1.82) is 0 Å². The quantitative estimate of drug-likeness (QED) is 0.252. The zero-order valence-electron chi connectivity index (χ0n) is 21.0. The lowest BCUT2D eigenvalue weighted by Crippen LogP contribution is -2.26. The van der Waals surface area contributed by atoms with E-state index >= 15 is 0 Å². The minimum Gasteiger partial charge on any atom is -0.344 e. The van der Waals surface area contributed by atoms with Crippen molar-refractivity contribution in [3.63, 3.8) is 0 Å². The molecule has 0 aliphatic heterocycles. The maximum atomic E-state index is 13.6. The molecule has 0 saturated heterocycles. The molecule has 0 spiro atoms. The number of carbonyl (C=O) groups excluding carboxylic acids is 1. The van der Waals surface area contributed by atoms with Crippen molar-refractivity contribution in [2.45, 2.75) is 45.8 Å². The predicted molar refractivity (Wildman–Crippen MR) is 145 cm³/mol. The van der Waals surface area contributed by atoms with Crippen LogP contribution in [0.25, 0.3) is 22.2 Å². The first-order valence-electron chi connectivity index (χ1n) is 11.9. The molecule has 2 heterocycles. The molecule has 1 amide bonds. The number of anilines is 1. The van der Waals surface area contributed by atoms with Crippen molar-refractivity contribution in [3.8, 4) is 11.1 Å². The van der Waals surface area contributed by atoms with Gasteiger partial charge in [0.2, 0.25) is 5.91 Å². The summed E-state index contributed by atoms with van der Waals surface area (Å²) in [5.74, 6) is 0.484. The van der Waals surface area contributed by atoms with E-state index in [1.165, 1.54) is 11.8 Å². The van der Waals surface area contributed by atoms with Gasteiger partial charge in [-0.2, -0.15) is 0 Å². The number of aryl methyl sites for hydroxylation is 3. The summed E-state index contributed by atoms with van der Waals surface area (Å²) in [7, 11) is 1.88. The lowest BCUT2D eigenvalue weighted by atomic mass is 10.1. The zero-order valence-corrected chi connectivity index (χ0v) is 21.8. The topological polar surface area (TPSA) is 68.9 Å². The van der Waals surface area contributed by atoms with E-state index in [-0.39, 0.29) is 17.2 Å². The van der Waals surface area contributed by atoms with Gasteiger partial charge < -0.3 is 9.88 Å². The summed E-state index contributed by atoms with van der Waals surface area (Å²) >= 11 is 1.31. The number of hydrogen-bond acceptors (Lipinski definition) is 4. The Hall–Kier alpha value is -3.32. The van der Waals surface area contributed by atoms with Crippen LogP contribution < -0.4 is 10.9 Å². The average Bonchev–Trinajstić information content (AvgIpc) is 3.13. The molecule has 6 nitrogen and oxygen atoms in total. The normalized spacial score (nSPS) is 11.4. The third-order valence-corrected chi connectivity index (χ3v) is 6.87. The molecule has 35 heavy (non-hydrogen) atoms. The van der Waals surface area contributed by atoms with Crippen LogP contribution in [0.3, 0.4) is 0 Å². The fraction of sp³-hybridized carbons (Fsp3) is 0.321. The van der Waals surface area contributed by atoms with Crippen molar-refractivity contribution < 1.29 is 4.79 Å². The van der Waals surface area contributed by atoms with Gasteiger partial charge in [-0.25, -0.2) is 4.98 Å². The lowest BCUT2D eigenvalue weighted by molar-refractivity contribution is -0.113. The molecule has 0 unspecified atom stereocenters. The molecule has 2 aromatic heterocycles. The van der Waals surface area contributed by atoms with Gasteiger partial charge in [-0.05, 0) is 55.0 Å². The van der Waals surface area contributed by atoms with Crippen molar-refractivity contribution in [3.05, 3.63) is 76.2 Å². The second kappa shape index (κ2) is 10.5. The molecule has 2 aromatic carbocycles. The Bertz CT molecular complexity index is 1400. The monoisotopic (exact) mass is 488 g/mol. The lowest BCUT2D eigenvalue weighted by Gasteiger charge is -2.14. The highest BCUT2D eigenvalue weighted by Gasteiger charge is 2.19. The first-order chi connectivity index (χ1) is 16.7. The van der Waals surface area contributed by atoms with E-state index in [1.54, 1.807) is 4.57 Å². The van der Waals surface area contributed by atoms with Gasteiger partial charge in [0, 0.05) is 31.0 Å². The maximum Gasteiger partial charge on any atom is 0.278 e. The number of rotatable bonds is 8. The fourth-order valence-electron chi connectivity index (χ4n) is 4.25. The molecule has 0 aliphatic carbocycles. The van der Waals surface area contributed by atoms with E-state index in [1.807, 2.05) is 74.1 Å². The number of aromatic nitrogens is 3. The summed E-state index contributed by atoms with van der Waals surface area (Å²) < 4.78 is 3.59. The Kier molecular flexibility index (Phi) is 7.45. The number of nitrogens with zero attached hydrogens (tertiary/aromatic N) is 3. The van der Waals surface area contributed by atoms with Gasteiger partial charge >= 0.3 is 0 Å². The number of thioether (sulfide) groups is 1. The molecule has 0 fully saturated rings. The van der Waals surface area contributed by atoms with Crippen LogP contribution in [0.5, 0.6) is 0 Å². The van der Waals surface area contributed by atoms with Gasteiger partial charge in [0.05, 0.1) is 5.75 Å². The summed E-state index contributed by atoms with van der Waals surface area (Å²) in [5.41, 5.74) is 6.07. The molecule has 182 valence electrons. The van der Waals surface area contributed by atoms with Gasteiger partial charge in [0.15, 0.2) is 5.16 Å². The van der Waals surface area contributed by atoms with Crippen molar-refractivity contribution >= 4 is 34.4 Å². The van der Waals surface area contributed by atoms with E-state index in [0.29, 0.717) is 28.7 Å². The molecule has 0 radical (unpaired) electrons. The summed E-state index contributed by atoms with van der Waals surface area (Å²) in [6, 6.07) is 15.9. The van der Waals surface area contributed by atoms with Gasteiger partial charge in [-0.3, -0.25) is 14.2 Å². The number of carbonyl (C=O) groups is 1. The van der Waals surface area contributed by atoms with Crippen LogP contribution >= 0.6 is 11.8 Å². The van der Waals surface area contributed by atoms with E-state index in [9.17, 15) is 9.59 Å². The van der Waals surface area contributed by atoms with Crippen LogP contribution in [0.2, 0.25) is 0 Å². The molecule has 0 aliphatic rings. The highest BCUT2D eigenvalue weighted by molar-refractivity contribution is 7.99. The molecule has 1 N–H and O–H groups in total. The number of hydrogen-bond donors (Lipinski definition) is 1. The van der Waals surface area contributed by atoms with Gasteiger partial charge in [0.1, 0.15) is 11.0 Å². The van der Waals surface area contributed by atoms with E-state index in [4.69, 9.17) is 4.98 Å². The molecule has 4 rings (SSSR count). The van der Waals surface area contributed by atoms with Crippen molar-refractivity contribution in [1.82, 2.24) is 14.1 Å². The summed E-state index contributed by atoms with van der Waals surface area (Å²) in [5, 5.41) is 3.55. The smallest absolute Gasteiger partial charge is 0.278 e. The Balaban J connectivity index is 1.69. The number of amides is 1. The molecule has 0 bridgehead atoms. The Labute approximate surface area is 210 Å². The molecule has 0 saturated carbocycles. The van der Waals surface area contributed by atoms with E-state index < -0.39 is 0 Å². The maximum absolute atomic E-state index is 13.6. The van der Waals surface area contributed by atoms with Crippen LogP contribution in [0, 0.1) is 19.8 Å². The Morgan fingerprint density at radius 2 is 1.77 bits per heavy atom. The van der Waals surface area contributed by atoms with Crippen molar-refractivity contribution in [2.75, 3.05) is 11.1 Å². The van der Waals surface area contributed by atoms with Crippen LogP contribution in [0.1, 0.15) is 31.4 Å². The van der Waals surface area contributed by atoms with Gasteiger partial charge in [-0.1, -0.05) is 62.0 Å². The van der Waals surface area contributed by atoms with Crippen LogP contribution in [0.15, 0.2) is 64.7 Å². The van der Waals surface area contributed by atoms with E-state index in [0.717, 1.165) is 34.4 Å². The summed E-state index contributed by atoms with van der Waals surface area (Å²) in [4.78, 5) is 31.3. The number of nitrogens with one attached hydrogen (secondary N) is 1. The highest BCUT2D eigenvalue weighted by Crippen LogP contribution is 2.29. The minimum atomic E-state index is -0.124. The summed E-state index contributed by atoms with van der Waals surface area (Å²) in [6.07, 6.45) is 2.81. The van der Waals surface area contributed by atoms with Crippen molar-refractivity contribution in [2.24, 2.45) is 13.0 Å². The molecule has 7 heteroatoms. The minimum absolute atomic E-state index is 0.0717. The second-order valence-corrected chi connectivity index (χ2v) is 10.4. The Morgan fingerprint density at radius 1 is 1.09 bits per heavy atom. The van der Waals surface area contributed by atoms with Crippen LogP contribution in [0.4, 0.5) is 5.69 Å². The molecular formula is C28H32N4O2S. The highest BCUT2D eigenvalue weighted by atomic mass is 32.2. The summed E-state index contributed by atoms with van der Waals surface area (Å²) in [6.45, 7) is 8.85. The molecule has 4 aromatic rings. The first kappa shape index (κ1) is 24.8. The van der Waals surface area contributed by atoms with Crippen LogP contribution in [-0.4, -0.2) is 25.8 Å². The Morgan fingerprint density at radius 3 is 2.43 bits per heavy atom. The van der Waals surface area contributed by atoms with E-state index in [2.05, 4.69) is 25.2 Å². The third-order valence-electron chi connectivity index (χ3n) is 5.89. The molecule has 0 atom stereocenters. The van der Waals surface area contributed by atoms with Gasteiger partial charge in [0.25, 0.3) is 5.56 Å². The first-order valence-corrected chi connectivity index (χ1v) is 12.9. The number of benzene rings is 2.